The van der Waals surface area contributed by atoms with Crippen molar-refractivity contribution in [1.29, 1.82) is 5.26 Å². The standard InChI is InChI=1S/C19H18FNO3S/c1-19(2,3)17-11-13(4-9-18(17)22)10-16(12-21)25(23,24)15-7-5-14(20)6-8-15/h4-11,22H,1-3H3. The molecule has 25 heavy (non-hydrogen) atoms. The molecule has 0 heterocycles. The van der Waals surface area contributed by atoms with Crippen LogP contribution in [0, 0.1) is 17.1 Å². The van der Waals surface area contributed by atoms with Gasteiger partial charge in [0.05, 0.1) is 4.90 Å². The van der Waals surface area contributed by atoms with Crippen molar-refractivity contribution in [2.75, 3.05) is 0 Å². The van der Waals surface area contributed by atoms with Gasteiger partial charge in [0, 0.05) is 0 Å². The molecule has 0 aliphatic heterocycles. The molecule has 0 fully saturated rings. The van der Waals surface area contributed by atoms with E-state index in [4.69, 9.17) is 0 Å². The van der Waals surface area contributed by atoms with E-state index in [9.17, 15) is 23.2 Å². The Balaban J connectivity index is 2.55. The predicted molar refractivity (Wildman–Crippen MR) is 94.0 cm³/mol. The minimum atomic E-state index is -4.05. The highest BCUT2D eigenvalue weighted by Gasteiger charge is 2.22. The number of allylic oxidation sites excluding steroid dienone is 1. The van der Waals surface area contributed by atoms with Gasteiger partial charge in [-0.05, 0) is 59.0 Å². The topological polar surface area (TPSA) is 78.2 Å². The smallest absolute Gasteiger partial charge is 0.216 e. The Kier molecular flexibility index (Phi) is 5.00. The van der Waals surface area contributed by atoms with Gasteiger partial charge in [-0.3, -0.25) is 0 Å². The molecule has 0 spiro atoms. The maximum atomic E-state index is 13.0. The number of nitrogens with zero attached hydrogens (tertiary/aromatic N) is 1. The highest BCUT2D eigenvalue weighted by atomic mass is 32.2. The third kappa shape index (κ3) is 4.06. The van der Waals surface area contributed by atoms with Gasteiger partial charge in [0.15, 0.2) is 0 Å². The molecule has 2 rings (SSSR count). The third-order valence-corrected chi connectivity index (χ3v) is 5.33. The molecular formula is C19H18FNO3S. The van der Waals surface area contributed by atoms with Crippen LogP contribution in [-0.4, -0.2) is 13.5 Å². The van der Waals surface area contributed by atoms with Crippen molar-refractivity contribution in [2.45, 2.75) is 31.1 Å². The first-order chi connectivity index (χ1) is 11.6. The summed E-state index contributed by atoms with van der Waals surface area (Å²) in [5.41, 5.74) is 0.763. The van der Waals surface area contributed by atoms with Crippen molar-refractivity contribution in [1.82, 2.24) is 0 Å². The largest absolute Gasteiger partial charge is 0.508 e. The Morgan fingerprint density at radius 1 is 1.16 bits per heavy atom. The van der Waals surface area contributed by atoms with Crippen LogP contribution in [-0.2, 0) is 15.3 Å². The van der Waals surface area contributed by atoms with Gasteiger partial charge >= 0.3 is 0 Å². The van der Waals surface area contributed by atoms with Gasteiger partial charge in [-0.1, -0.05) is 26.8 Å². The molecule has 0 bridgehead atoms. The van der Waals surface area contributed by atoms with Gasteiger partial charge in [-0.2, -0.15) is 5.26 Å². The number of phenols is 1. The van der Waals surface area contributed by atoms with Crippen molar-refractivity contribution in [3.05, 3.63) is 64.3 Å². The zero-order chi connectivity index (χ0) is 18.8. The quantitative estimate of drug-likeness (QED) is 0.659. The van der Waals surface area contributed by atoms with Gasteiger partial charge in [0.1, 0.15) is 22.5 Å². The van der Waals surface area contributed by atoms with Crippen LogP contribution >= 0.6 is 0 Å². The van der Waals surface area contributed by atoms with E-state index in [2.05, 4.69) is 0 Å². The van der Waals surface area contributed by atoms with Crippen LogP contribution in [0.1, 0.15) is 31.9 Å². The molecule has 0 radical (unpaired) electrons. The zero-order valence-electron chi connectivity index (χ0n) is 14.1. The van der Waals surface area contributed by atoms with Crippen LogP contribution in [0.3, 0.4) is 0 Å². The van der Waals surface area contributed by atoms with E-state index >= 15 is 0 Å². The first-order valence-corrected chi connectivity index (χ1v) is 9.00. The fraction of sp³-hybridized carbons (Fsp3) is 0.211. The van der Waals surface area contributed by atoms with E-state index in [1.54, 1.807) is 12.1 Å². The molecule has 0 amide bonds. The highest BCUT2D eigenvalue weighted by Crippen LogP contribution is 2.32. The Hall–Kier alpha value is -2.65. The summed E-state index contributed by atoms with van der Waals surface area (Å²) in [6, 6.07) is 10.6. The van der Waals surface area contributed by atoms with Gasteiger partial charge in [0.25, 0.3) is 0 Å². The molecule has 4 nitrogen and oxygen atoms in total. The molecule has 0 atom stereocenters. The summed E-state index contributed by atoms with van der Waals surface area (Å²) < 4.78 is 38.1. The van der Waals surface area contributed by atoms with Gasteiger partial charge in [0.2, 0.25) is 9.84 Å². The minimum absolute atomic E-state index is 0.101. The van der Waals surface area contributed by atoms with Crippen LogP contribution in [0.4, 0.5) is 4.39 Å². The molecular weight excluding hydrogens is 341 g/mol. The first kappa shape index (κ1) is 18.7. The van der Waals surface area contributed by atoms with Crippen molar-refractivity contribution in [3.8, 4) is 11.8 Å². The van der Waals surface area contributed by atoms with Crippen molar-refractivity contribution in [2.24, 2.45) is 0 Å². The van der Waals surface area contributed by atoms with Crippen molar-refractivity contribution < 1.29 is 17.9 Å². The van der Waals surface area contributed by atoms with E-state index in [0.29, 0.717) is 11.1 Å². The number of benzene rings is 2. The monoisotopic (exact) mass is 359 g/mol. The summed E-state index contributed by atoms with van der Waals surface area (Å²) in [6.45, 7) is 5.74. The van der Waals surface area contributed by atoms with E-state index in [1.165, 1.54) is 18.2 Å². The summed E-state index contributed by atoms with van der Waals surface area (Å²) >= 11 is 0. The second kappa shape index (κ2) is 6.69. The summed E-state index contributed by atoms with van der Waals surface area (Å²) in [4.78, 5) is -0.610. The maximum Gasteiger partial charge on any atom is 0.216 e. The fourth-order valence-corrected chi connectivity index (χ4v) is 3.47. The number of rotatable bonds is 3. The lowest BCUT2D eigenvalue weighted by Gasteiger charge is -2.20. The van der Waals surface area contributed by atoms with E-state index < -0.39 is 20.6 Å². The lowest BCUT2D eigenvalue weighted by Crippen LogP contribution is -2.11. The van der Waals surface area contributed by atoms with E-state index in [1.807, 2.05) is 20.8 Å². The Morgan fingerprint density at radius 3 is 2.28 bits per heavy atom. The average Bonchev–Trinajstić information content (AvgIpc) is 2.53. The molecule has 1 N–H and O–H groups in total. The molecule has 0 aromatic heterocycles. The third-order valence-electron chi connectivity index (χ3n) is 3.65. The number of halogens is 1. The fourth-order valence-electron chi connectivity index (χ4n) is 2.31. The predicted octanol–water partition coefficient (Wildman–Crippen LogP) is 4.17. The van der Waals surface area contributed by atoms with Crippen LogP contribution in [0.25, 0.3) is 6.08 Å². The molecule has 2 aromatic rings. The van der Waals surface area contributed by atoms with Crippen LogP contribution in [0.15, 0.2) is 52.3 Å². The summed E-state index contributed by atoms with van der Waals surface area (Å²) in [6.07, 6.45) is 1.24. The number of nitriles is 1. The number of sulfone groups is 1. The SMILES string of the molecule is CC(C)(C)c1cc(C=C(C#N)S(=O)(=O)c2ccc(F)cc2)ccc1O. The molecule has 0 unspecified atom stereocenters. The summed E-state index contributed by atoms with van der Waals surface area (Å²) in [5.74, 6) is -0.459. The second-order valence-electron chi connectivity index (χ2n) is 6.60. The van der Waals surface area contributed by atoms with Crippen LogP contribution in [0.2, 0.25) is 0 Å². The lowest BCUT2D eigenvalue weighted by molar-refractivity contribution is 0.446. The molecule has 6 heteroatoms. The second-order valence-corrected chi connectivity index (χ2v) is 8.52. The number of hydrogen-bond acceptors (Lipinski definition) is 4. The van der Waals surface area contributed by atoms with Crippen LogP contribution < -0.4 is 0 Å². The number of phenolic OH excluding ortho intramolecular Hbond substituents is 1. The van der Waals surface area contributed by atoms with Crippen LogP contribution in [0.5, 0.6) is 5.75 Å². The first-order valence-electron chi connectivity index (χ1n) is 7.51. The molecule has 2 aromatic carbocycles. The zero-order valence-corrected chi connectivity index (χ0v) is 14.9. The molecule has 0 saturated heterocycles. The van der Waals surface area contributed by atoms with E-state index in [0.717, 1.165) is 24.3 Å². The average molecular weight is 359 g/mol. The summed E-state index contributed by atoms with van der Waals surface area (Å²) in [7, 11) is -4.05. The minimum Gasteiger partial charge on any atom is -0.508 e. The normalized spacial score (nSPS) is 12.7. The van der Waals surface area contributed by atoms with Gasteiger partial charge in [-0.15, -0.1) is 0 Å². The number of hydrogen-bond donors (Lipinski definition) is 1. The Bertz CT molecular complexity index is 963. The van der Waals surface area contributed by atoms with Crippen molar-refractivity contribution >= 4 is 15.9 Å². The highest BCUT2D eigenvalue weighted by molar-refractivity contribution is 7.95. The summed E-state index contributed by atoms with van der Waals surface area (Å²) in [5, 5.41) is 19.3. The van der Waals surface area contributed by atoms with Gasteiger partial charge < -0.3 is 5.11 Å². The van der Waals surface area contributed by atoms with E-state index in [-0.39, 0.29) is 16.1 Å². The Labute approximate surface area is 146 Å². The maximum absolute atomic E-state index is 13.0. The molecule has 0 aliphatic rings. The van der Waals surface area contributed by atoms with Gasteiger partial charge in [-0.25, -0.2) is 12.8 Å². The molecule has 0 saturated carbocycles. The van der Waals surface area contributed by atoms with Crippen molar-refractivity contribution in [3.63, 3.8) is 0 Å². The lowest BCUT2D eigenvalue weighted by atomic mass is 9.85. The Morgan fingerprint density at radius 2 is 1.76 bits per heavy atom. The number of aromatic hydroxyl groups is 1. The molecule has 0 aliphatic carbocycles. The molecule has 130 valence electrons.